The van der Waals surface area contributed by atoms with Crippen LogP contribution in [0.15, 0.2) is 34.9 Å². The highest BCUT2D eigenvalue weighted by molar-refractivity contribution is 6.30. The topological polar surface area (TPSA) is 66.6 Å². The molecule has 0 aliphatic carbocycles. The minimum Gasteiger partial charge on any atom is -0.480 e. The zero-order valence-corrected chi connectivity index (χ0v) is 12.8. The number of carbonyl (C=O) groups is 1. The molecule has 1 saturated heterocycles. The molecule has 1 aromatic heterocycles. The normalized spacial score (nSPS) is 19.2. The molecule has 1 fully saturated rings. The maximum atomic E-state index is 11.3. The molecule has 116 valence electrons. The summed E-state index contributed by atoms with van der Waals surface area (Å²) < 4.78 is 5.50. The first-order valence-corrected chi connectivity index (χ1v) is 7.68. The first-order valence-electron chi connectivity index (χ1n) is 7.30. The van der Waals surface area contributed by atoms with Gasteiger partial charge in [-0.2, -0.15) is 0 Å². The number of halogens is 1. The zero-order chi connectivity index (χ0) is 15.5. The van der Waals surface area contributed by atoms with Crippen molar-refractivity contribution in [3.8, 4) is 11.5 Å². The fourth-order valence-corrected chi connectivity index (χ4v) is 2.90. The number of aromatic nitrogens is 1. The number of rotatable bonds is 4. The van der Waals surface area contributed by atoms with Gasteiger partial charge in [0.25, 0.3) is 0 Å². The fraction of sp³-hybridized carbons (Fsp3) is 0.375. The van der Waals surface area contributed by atoms with Crippen molar-refractivity contribution in [2.45, 2.75) is 31.8 Å². The average Bonchev–Trinajstić information content (AvgIpc) is 2.97. The first-order chi connectivity index (χ1) is 10.6. The van der Waals surface area contributed by atoms with Gasteiger partial charge in [-0.3, -0.25) is 9.69 Å². The number of likely N-dealkylation sites (tertiary alicyclic amines) is 1. The van der Waals surface area contributed by atoms with Crippen LogP contribution in [0.3, 0.4) is 0 Å². The van der Waals surface area contributed by atoms with E-state index in [1.807, 2.05) is 17.0 Å². The summed E-state index contributed by atoms with van der Waals surface area (Å²) in [6, 6.07) is 6.83. The fourth-order valence-electron chi connectivity index (χ4n) is 2.77. The monoisotopic (exact) mass is 320 g/mol. The number of carboxylic acids is 1. The maximum Gasteiger partial charge on any atom is 0.320 e. The summed E-state index contributed by atoms with van der Waals surface area (Å²) in [6.07, 6.45) is 4.27. The van der Waals surface area contributed by atoms with Gasteiger partial charge in [-0.1, -0.05) is 18.0 Å². The van der Waals surface area contributed by atoms with Crippen LogP contribution in [-0.4, -0.2) is 33.5 Å². The largest absolute Gasteiger partial charge is 0.480 e. The Morgan fingerprint density at radius 2 is 2.14 bits per heavy atom. The van der Waals surface area contributed by atoms with Crippen molar-refractivity contribution in [2.75, 3.05) is 6.54 Å². The van der Waals surface area contributed by atoms with Crippen molar-refractivity contribution in [3.63, 3.8) is 0 Å². The van der Waals surface area contributed by atoms with Gasteiger partial charge in [0.05, 0.1) is 5.69 Å². The second-order valence-corrected chi connectivity index (χ2v) is 5.91. The smallest absolute Gasteiger partial charge is 0.320 e. The predicted molar refractivity (Wildman–Crippen MR) is 82.6 cm³/mol. The van der Waals surface area contributed by atoms with Gasteiger partial charge in [0.1, 0.15) is 12.3 Å². The highest BCUT2D eigenvalue weighted by Crippen LogP contribution is 2.23. The maximum absolute atomic E-state index is 11.3. The number of oxazole rings is 1. The summed E-state index contributed by atoms with van der Waals surface area (Å²) in [4.78, 5) is 17.7. The Balaban J connectivity index is 1.73. The Hall–Kier alpha value is -1.85. The van der Waals surface area contributed by atoms with Crippen LogP contribution in [-0.2, 0) is 11.3 Å². The van der Waals surface area contributed by atoms with E-state index < -0.39 is 12.0 Å². The molecule has 0 bridgehead atoms. The molecular weight excluding hydrogens is 304 g/mol. The van der Waals surface area contributed by atoms with Crippen LogP contribution in [0.5, 0.6) is 0 Å². The summed E-state index contributed by atoms with van der Waals surface area (Å²) in [5.41, 5.74) is 1.60. The number of hydrogen-bond acceptors (Lipinski definition) is 4. The van der Waals surface area contributed by atoms with Gasteiger partial charge in [0.2, 0.25) is 5.89 Å². The van der Waals surface area contributed by atoms with Crippen molar-refractivity contribution in [3.05, 3.63) is 41.2 Å². The highest BCUT2D eigenvalue weighted by atomic mass is 35.5. The van der Waals surface area contributed by atoms with E-state index >= 15 is 0 Å². The minimum atomic E-state index is -0.763. The van der Waals surface area contributed by atoms with E-state index in [1.54, 1.807) is 18.4 Å². The van der Waals surface area contributed by atoms with E-state index in [0.29, 0.717) is 23.9 Å². The number of carboxylic acid groups (broad SMARTS) is 1. The Labute approximate surface area is 133 Å². The van der Waals surface area contributed by atoms with E-state index in [2.05, 4.69) is 4.98 Å². The van der Waals surface area contributed by atoms with Gasteiger partial charge in [0.15, 0.2) is 0 Å². The number of aliphatic carboxylic acids is 1. The molecule has 1 N–H and O–H groups in total. The summed E-state index contributed by atoms with van der Waals surface area (Å²) >= 11 is 5.87. The lowest BCUT2D eigenvalue weighted by atomic mass is 10.0. The molecule has 2 aromatic rings. The third kappa shape index (κ3) is 3.31. The van der Waals surface area contributed by atoms with Gasteiger partial charge in [-0.25, -0.2) is 4.98 Å². The molecule has 1 aromatic carbocycles. The number of nitrogens with zero attached hydrogens (tertiary/aromatic N) is 2. The van der Waals surface area contributed by atoms with Crippen LogP contribution >= 0.6 is 11.6 Å². The van der Waals surface area contributed by atoms with E-state index in [-0.39, 0.29) is 0 Å². The van der Waals surface area contributed by atoms with E-state index in [4.69, 9.17) is 16.0 Å². The molecule has 1 unspecified atom stereocenters. The molecule has 3 rings (SSSR count). The summed E-state index contributed by atoms with van der Waals surface area (Å²) in [5, 5.41) is 9.96. The molecule has 22 heavy (non-hydrogen) atoms. The second-order valence-electron chi connectivity index (χ2n) is 5.47. The Kier molecular flexibility index (Phi) is 4.45. The van der Waals surface area contributed by atoms with Crippen molar-refractivity contribution in [1.29, 1.82) is 0 Å². The number of piperidine rings is 1. The predicted octanol–water partition coefficient (Wildman–Crippen LogP) is 3.43. The molecular formula is C16H17ClN2O3. The molecule has 1 aliphatic heterocycles. The Morgan fingerprint density at radius 3 is 2.86 bits per heavy atom. The van der Waals surface area contributed by atoms with Crippen LogP contribution in [0.1, 0.15) is 25.0 Å². The molecule has 0 amide bonds. The van der Waals surface area contributed by atoms with E-state index in [1.165, 1.54) is 0 Å². The summed E-state index contributed by atoms with van der Waals surface area (Å²) in [5.74, 6) is -0.239. The average molecular weight is 321 g/mol. The zero-order valence-electron chi connectivity index (χ0n) is 12.0. The van der Waals surface area contributed by atoms with E-state index in [0.717, 1.165) is 30.6 Å². The SMILES string of the molecule is O=C(O)C1CCCCN1Cc1coc(-c2ccc(Cl)cc2)n1. The molecule has 0 spiro atoms. The van der Waals surface area contributed by atoms with E-state index in [9.17, 15) is 9.90 Å². The van der Waals surface area contributed by atoms with Crippen molar-refractivity contribution in [1.82, 2.24) is 9.88 Å². The standard InChI is InChI=1S/C16H17ClN2O3/c17-12-6-4-11(5-7-12)15-18-13(10-22-15)9-19-8-2-1-3-14(19)16(20)21/h4-7,10,14H,1-3,8-9H2,(H,20,21). The van der Waals surface area contributed by atoms with Crippen LogP contribution in [0.4, 0.5) is 0 Å². The van der Waals surface area contributed by atoms with Gasteiger partial charge in [-0.15, -0.1) is 0 Å². The van der Waals surface area contributed by atoms with Crippen LogP contribution < -0.4 is 0 Å². The lowest BCUT2D eigenvalue weighted by Crippen LogP contribution is -2.44. The minimum absolute atomic E-state index is 0.426. The quantitative estimate of drug-likeness (QED) is 0.934. The molecule has 1 aliphatic rings. The highest BCUT2D eigenvalue weighted by Gasteiger charge is 2.28. The third-order valence-electron chi connectivity index (χ3n) is 3.91. The molecule has 0 radical (unpaired) electrons. The van der Waals surface area contributed by atoms with Crippen LogP contribution in [0.25, 0.3) is 11.5 Å². The molecule has 0 saturated carbocycles. The van der Waals surface area contributed by atoms with Gasteiger partial charge < -0.3 is 9.52 Å². The first kappa shape index (κ1) is 15.1. The third-order valence-corrected chi connectivity index (χ3v) is 4.16. The van der Waals surface area contributed by atoms with Crippen molar-refractivity contribution >= 4 is 17.6 Å². The van der Waals surface area contributed by atoms with Gasteiger partial charge >= 0.3 is 5.97 Å². The van der Waals surface area contributed by atoms with Crippen molar-refractivity contribution in [2.24, 2.45) is 0 Å². The van der Waals surface area contributed by atoms with Crippen LogP contribution in [0, 0.1) is 0 Å². The lowest BCUT2D eigenvalue weighted by molar-refractivity contribution is -0.144. The number of hydrogen-bond donors (Lipinski definition) is 1. The molecule has 5 nitrogen and oxygen atoms in total. The Morgan fingerprint density at radius 1 is 1.36 bits per heavy atom. The molecule has 2 heterocycles. The summed E-state index contributed by atoms with van der Waals surface area (Å²) in [7, 11) is 0. The van der Waals surface area contributed by atoms with Crippen molar-refractivity contribution < 1.29 is 14.3 Å². The van der Waals surface area contributed by atoms with Gasteiger partial charge in [-0.05, 0) is 43.7 Å². The number of benzene rings is 1. The molecule has 6 heteroatoms. The van der Waals surface area contributed by atoms with Crippen LogP contribution in [0.2, 0.25) is 5.02 Å². The lowest BCUT2D eigenvalue weighted by Gasteiger charge is -2.31. The molecule has 1 atom stereocenters. The second kappa shape index (κ2) is 6.50. The summed E-state index contributed by atoms with van der Waals surface area (Å²) in [6.45, 7) is 1.27. The Bertz CT molecular complexity index is 654. The van der Waals surface area contributed by atoms with Gasteiger partial charge in [0, 0.05) is 17.1 Å².